The number of hydrogen-bond acceptors (Lipinski definition) is 3. The van der Waals surface area contributed by atoms with Crippen molar-refractivity contribution in [3.63, 3.8) is 0 Å². The van der Waals surface area contributed by atoms with Crippen LogP contribution in [0.1, 0.15) is 0 Å². The summed E-state index contributed by atoms with van der Waals surface area (Å²) in [5.41, 5.74) is 2.81. The summed E-state index contributed by atoms with van der Waals surface area (Å²) in [6, 6.07) is 8.35. The zero-order valence-corrected chi connectivity index (χ0v) is 9.81. The van der Waals surface area contributed by atoms with Crippen LogP contribution >= 0.6 is 0 Å². The highest BCUT2D eigenvalue weighted by Gasteiger charge is 2.04. The molecule has 0 radical (unpaired) electrons. The highest BCUT2D eigenvalue weighted by molar-refractivity contribution is 5.65. The number of nitrogens with zero attached hydrogens (tertiary/aromatic N) is 2. The second-order valence-electron chi connectivity index (χ2n) is 3.72. The van der Waals surface area contributed by atoms with E-state index in [4.69, 9.17) is 0 Å². The van der Waals surface area contributed by atoms with E-state index in [0.717, 1.165) is 17.1 Å². The Bertz CT molecular complexity index is 496. The van der Waals surface area contributed by atoms with Crippen molar-refractivity contribution in [2.75, 3.05) is 24.3 Å². The number of aromatic nitrogens is 1. The van der Waals surface area contributed by atoms with Gasteiger partial charge in [-0.15, -0.1) is 0 Å². The minimum atomic E-state index is -0.232. The third kappa shape index (κ3) is 2.53. The van der Waals surface area contributed by atoms with Gasteiger partial charge in [-0.2, -0.15) is 0 Å². The molecular formula is C13H14FN3. The van der Waals surface area contributed by atoms with Crippen LogP contribution in [0, 0.1) is 5.82 Å². The van der Waals surface area contributed by atoms with Gasteiger partial charge in [0.25, 0.3) is 0 Å². The molecule has 17 heavy (non-hydrogen) atoms. The Morgan fingerprint density at radius 3 is 2.47 bits per heavy atom. The number of pyridine rings is 1. The van der Waals surface area contributed by atoms with Crippen molar-refractivity contribution in [3.8, 4) is 0 Å². The SMILES string of the molecule is CNc1cncc(N(C)c2ccc(F)cc2)c1. The molecular weight excluding hydrogens is 217 g/mol. The number of halogens is 1. The molecule has 0 bridgehead atoms. The van der Waals surface area contributed by atoms with Gasteiger partial charge >= 0.3 is 0 Å². The number of nitrogens with one attached hydrogen (secondary N) is 1. The molecule has 0 unspecified atom stereocenters. The van der Waals surface area contributed by atoms with E-state index in [9.17, 15) is 4.39 Å². The second-order valence-corrected chi connectivity index (χ2v) is 3.72. The lowest BCUT2D eigenvalue weighted by atomic mass is 10.2. The van der Waals surface area contributed by atoms with Gasteiger partial charge in [0.15, 0.2) is 0 Å². The molecule has 1 aromatic carbocycles. The van der Waals surface area contributed by atoms with Crippen LogP contribution in [0.2, 0.25) is 0 Å². The van der Waals surface area contributed by atoms with Crippen molar-refractivity contribution >= 4 is 17.1 Å². The number of rotatable bonds is 3. The minimum absolute atomic E-state index is 0.232. The molecule has 88 valence electrons. The molecule has 0 atom stereocenters. The maximum atomic E-state index is 12.8. The summed E-state index contributed by atoms with van der Waals surface area (Å²) in [4.78, 5) is 6.09. The lowest BCUT2D eigenvalue weighted by molar-refractivity contribution is 0.628. The Balaban J connectivity index is 2.29. The van der Waals surface area contributed by atoms with Gasteiger partial charge in [-0.25, -0.2) is 4.39 Å². The van der Waals surface area contributed by atoms with Crippen LogP contribution < -0.4 is 10.2 Å². The van der Waals surface area contributed by atoms with Crippen LogP contribution in [0.25, 0.3) is 0 Å². The first-order chi connectivity index (χ1) is 8.20. The monoisotopic (exact) mass is 231 g/mol. The van der Waals surface area contributed by atoms with Gasteiger partial charge in [-0.1, -0.05) is 0 Å². The fraction of sp³-hybridized carbons (Fsp3) is 0.154. The van der Waals surface area contributed by atoms with Crippen LogP contribution in [-0.4, -0.2) is 19.1 Å². The highest BCUT2D eigenvalue weighted by Crippen LogP contribution is 2.24. The fourth-order valence-corrected chi connectivity index (χ4v) is 1.56. The van der Waals surface area contributed by atoms with Gasteiger partial charge < -0.3 is 10.2 Å². The van der Waals surface area contributed by atoms with E-state index in [1.165, 1.54) is 12.1 Å². The van der Waals surface area contributed by atoms with Gasteiger partial charge in [0.1, 0.15) is 5.82 Å². The average Bonchev–Trinajstić information content (AvgIpc) is 2.39. The second kappa shape index (κ2) is 4.82. The molecule has 0 fully saturated rings. The molecule has 1 heterocycles. The molecule has 1 aromatic heterocycles. The van der Waals surface area contributed by atoms with Gasteiger partial charge in [-0.05, 0) is 30.3 Å². The Morgan fingerprint density at radius 2 is 1.82 bits per heavy atom. The zero-order valence-electron chi connectivity index (χ0n) is 9.81. The first-order valence-corrected chi connectivity index (χ1v) is 5.33. The topological polar surface area (TPSA) is 28.2 Å². The molecule has 0 aliphatic carbocycles. The minimum Gasteiger partial charge on any atom is -0.387 e. The van der Waals surface area contributed by atoms with Crippen molar-refractivity contribution in [2.45, 2.75) is 0 Å². The predicted octanol–water partition coefficient (Wildman–Crippen LogP) is 3.03. The third-order valence-electron chi connectivity index (χ3n) is 2.61. The van der Waals surface area contributed by atoms with Crippen molar-refractivity contribution < 1.29 is 4.39 Å². The van der Waals surface area contributed by atoms with E-state index in [0.29, 0.717) is 0 Å². The van der Waals surface area contributed by atoms with Crippen molar-refractivity contribution in [3.05, 3.63) is 48.5 Å². The summed E-state index contributed by atoms with van der Waals surface area (Å²) in [6.45, 7) is 0. The number of hydrogen-bond donors (Lipinski definition) is 1. The van der Waals surface area contributed by atoms with Gasteiger partial charge in [0.2, 0.25) is 0 Å². The highest BCUT2D eigenvalue weighted by atomic mass is 19.1. The summed E-state index contributed by atoms with van der Waals surface area (Å²) in [5.74, 6) is -0.232. The Labute approximate surface area is 99.9 Å². The quantitative estimate of drug-likeness (QED) is 0.880. The van der Waals surface area contributed by atoms with Gasteiger partial charge in [0, 0.05) is 19.8 Å². The first kappa shape index (κ1) is 11.4. The molecule has 1 N–H and O–H groups in total. The summed E-state index contributed by atoms with van der Waals surface area (Å²) < 4.78 is 12.8. The van der Waals surface area contributed by atoms with Crippen LogP contribution in [-0.2, 0) is 0 Å². The van der Waals surface area contributed by atoms with E-state index in [1.54, 1.807) is 24.5 Å². The van der Waals surface area contributed by atoms with Crippen molar-refractivity contribution in [1.29, 1.82) is 0 Å². The molecule has 0 saturated carbocycles. The largest absolute Gasteiger partial charge is 0.387 e. The van der Waals surface area contributed by atoms with Crippen LogP contribution in [0.5, 0.6) is 0 Å². The molecule has 3 nitrogen and oxygen atoms in total. The molecule has 0 aliphatic heterocycles. The Morgan fingerprint density at radius 1 is 1.12 bits per heavy atom. The predicted molar refractivity (Wildman–Crippen MR) is 68.2 cm³/mol. The third-order valence-corrected chi connectivity index (χ3v) is 2.61. The summed E-state index contributed by atoms with van der Waals surface area (Å²) in [6.07, 6.45) is 3.52. The normalized spacial score (nSPS) is 10.1. The van der Waals surface area contributed by atoms with E-state index in [-0.39, 0.29) is 5.82 Å². The van der Waals surface area contributed by atoms with Crippen molar-refractivity contribution in [2.24, 2.45) is 0 Å². The standard InChI is InChI=1S/C13H14FN3/c1-15-11-7-13(9-16-8-11)17(2)12-5-3-10(14)4-6-12/h3-9,15H,1-2H3. The van der Waals surface area contributed by atoms with E-state index >= 15 is 0 Å². The van der Waals surface area contributed by atoms with Crippen LogP contribution in [0.15, 0.2) is 42.7 Å². The van der Waals surface area contributed by atoms with Crippen LogP contribution in [0.4, 0.5) is 21.5 Å². The van der Waals surface area contributed by atoms with Gasteiger partial charge in [-0.3, -0.25) is 4.98 Å². The lowest BCUT2D eigenvalue weighted by Gasteiger charge is -2.19. The zero-order chi connectivity index (χ0) is 12.3. The molecule has 0 amide bonds. The molecule has 0 spiro atoms. The lowest BCUT2D eigenvalue weighted by Crippen LogP contribution is -2.10. The number of benzene rings is 1. The van der Waals surface area contributed by atoms with Crippen LogP contribution in [0.3, 0.4) is 0 Å². The summed E-state index contributed by atoms with van der Waals surface area (Å²) in [5, 5.41) is 3.03. The Kier molecular flexibility index (Phi) is 3.23. The maximum absolute atomic E-state index is 12.8. The Hall–Kier alpha value is -2.10. The first-order valence-electron chi connectivity index (χ1n) is 5.33. The van der Waals surface area contributed by atoms with Crippen molar-refractivity contribution in [1.82, 2.24) is 4.98 Å². The van der Waals surface area contributed by atoms with Gasteiger partial charge in [0.05, 0.1) is 23.8 Å². The van der Waals surface area contributed by atoms with E-state index in [2.05, 4.69) is 10.3 Å². The molecule has 0 saturated heterocycles. The molecule has 2 rings (SSSR count). The summed E-state index contributed by atoms with van der Waals surface area (Å²) >= 11 is 0. The smallest absolute Gasteiger partial charge is 0.123 e. The summed E-state index contributed by atoms with van der Waals surface area (Å²) in [7, 11) is 3.77. The van der Waals surface area contributed by atoms with E-state index < -0.39 is 0 Å². The van der Waals surface area contributed by atoms with E-state index in [1.807, 2.05) is 25.1 Å². The fourth-order valence-electron chi connectivity index (χ4n) is 1.56. The molecule has 0 aliphatic rings. The number of anilines is 3. The average molecular weight is 231 g/mol. The molecule has 2 aromatic rings. The maximum Gasteiger partial charge on any atom is 0.123 e. The molecule has 4 heteroatoms.